The molecular weight excluding hydrogens is 435 g/mol. The zero-order valence-corrected chi connectivity index (χ0v) is 17.6. The highest BCUT2D eigenvalue weighted by molar-refractivity contribution is 9.10. The number of likely N-dealkylation sites (tertiary alicyclic amines) is 1. The molecule has 0 bridgehead atoms. The summed E-state index contributed by atoms with van der Waals surface area (Å²) in [6, 6.07) is 3.29. The molecule has 1 aliphatic rings. The number of rotatable bonds is 3. The van der Waals surface area contributed by atoms with Crippen molar-refractivity contribution in [2.24, 2.45) is 5.92 Å². The lowest BCUT2D eigenvalue weighted by Crippen LogP contribution is -2.48. The molecule has 1 aromatic carbocycles. The van der Waals surface area contributed by atoms with Gasteiger partial charge in [0.2, 0.25) is 0 Å². The van der Waals surface area contributed by atoms with Crippen LogP contribution < -0.4 is 16.2 Å². The maximum absolute atomic E-state index is 13.4. The summed E-state index contributed by atoms with van der Waals surface area (Å²) in [5.41, 5.74) is 3.94. The average Bonchev–Trinajstić information content (AvgIpc) is 3.08. The maximum atomic E-state index is 13.4. The summed E-state index contributed by atoms with van der Waals surface area (Å²) >= 11 is 3.00. The average molecular weight is 459 g/mol. The summed E-state index contributed by atoms with van der Waals surface area (Å²) in [5, 5.41) is 2.63. The minimum atomic E-state index is -0.640. The molecule has 0 aliphatic carbocycles. The Morgan fingerprint density at radius 3 is 2.64 bits per heavy atom. The van der Waals surface area contributed by atoms with Crippen LogP contribution in [0.3, 0.4) is 0 Å². The van der Waals surface area contributed by atoms with Gasteiger partial charge in [-0.3, -0.25) is 10.2 Å². The molecule has 2 rings (SSSR count). The van der Waals surface area contributed by atoms with E-state index in [2.05, 4.69) is 32.1 Å². The fraction of sp³-hybridized carbons (Fsp3) is 0.500. The predicted molar refractivity (Wildman–Crippen MR) is 104 cm³/mol. The van der Waals surface area contributed by atoms with Gasteiger partial charge in [0.25, 0.3) is 5.91 Å². The summed E-state index contributed by atoms with van der Waals surface area (Å²) in [4.78, 5) is 37.4. The van der Waals surface area contributed by atoms with Crippen molar-refractivity contribution in [3.05, 3.63) is 34.1 Å². The molecule has 154 valence electrons. The van der Waals surface area contributed by atoms with Crippen molar-refractivity contribution in [1.29, 1.82) is 0 Å². The van der Waals surface area contributed by atoms with Crippen molar-refractivity contribution in [2.75, 3.05) is 19.6 Å². The second-order valence-corrected chi connectivity index (χ2v) is 8.35. The van der Waals surface area contributed by atoms with E-state index in [1.165, 1.54) is 12.1 Å². The quantitative estimate of drug-likeness (QED) is 0.606. The van der Waals surface area contributed by atoms with E-state index in [0.717, 1.165) is 12.5 Å². The van der Waals surface area contributed by atoms with E-state index in [1.54, 1.807) is 25.7 Å². The number of halogens is 2. The lowest BCUT2D eigenvalue weighted by Gasteiger charge is -2.24. The molecule has 0 aromatic heterocycles. The number of benzene rings is 1. The monoisotopic (exact) mass is 458 g/mol. The normalized spacial score (nSPS) is 16.5. The van der Waals surface area contributed by atoms with Crippen molar-refractivity contribution in [3.8, 4) is 0 Å². The van der Waals surface area contributed by atoms with E-state index in [9.17, 15) is 18.8 Å². The van der Waals surface area contributed by atoms with Crippen molar-refractivity contribution >= 4 is 34.0 Å². The molecule has 0 radical (unpaired) electrons. The van der Waals surface area contributed by atoms with Crippen molar-refractivity contribution in [1.82, 2.24) is 21.1 Å². The van der Waals surface area contributed by atoms with Gasteiger partial charge < -0.3 is 15.0 Å². The molecular formula is C18H24BrFN4O4. The molecule has 1 aliphatic heterocycles. The molecule has 4 amide bonds. The fourth-order valence-electron chi connectivity index (χ4n) is 2.60. The fourth-order valence-corrected chi connectivity index (χ4v) is 2.84. The molecule has 3 N–H and O–H groups in total. The third-order valence-electron chi connectivity index (χ3n) is 3.96. The van der Waals surface area contributed by atoms with Crippen molar-refractivity contribution in [3.63, 3.8) is 0 Å². The van der Waals surface area contributed by atoms with Crippen LogP contribution in [0.5, 0.6) is 0 Å². The Morgan fingerprint density at radius 1 is 1.29 bits per heavy atom. The highest BCUT2D eigenvalue weighted by atomic mass is 79.9. The van der Waals surface area contributed by atoms with Crippen molar-refractivity contribution in [2.45, 2.75) is 32.8 Å². The molecule has 1 fully saturated rings. The van der Waals surface area contributed by atoms with Crippen LogP contribution in [0.15, 0.2) is 22.7 Å². The van der Waals surface area contributed by atoms with Gasteiger partial charge >= 0.3 is 12.1 Å². The zero-order valence-electron chi connectivity index (χ0n) is 16.0. The highest BCUT2D eigenvalue weighted by Gasteiger charge is 2.29. The standard InChI is InChI=1S/C18H24BrFN4O4/c1-18(2,3)28-17(27)24-7-6-11(10-24)9-21-16(26)23-22-15(25)12-4-5-13(19)14(20)8-12/h4-5,8,11H,6-7,9-10H2,1-3H3,(H,22,25)(H2,21,23,26)/t11-/m0/s1. The molecule has 0 unspecified atom stereocenters. The summed E-state index contributed by atoms with van der Waals surface area (Å²) in [6.45, 7) is 6.81. The Bertz CT molecular complexity index is 754. The smallest absolute Gasteiger partial charge is 0.410 e. The molecule has 1 heterocycles. The van der Waals surface area contributed by atoms with Gasteiger partial charge in [-0.25, -0.2) is 19.4 Å². The lowest BCUT2D eigenvalue weighted by atomic mass is 10.1. The van der Waals surface area contributed by atoms with Gasteiger partial charge in [-0.1, -0.05) is 0 Å². The zero-order chi connectivity index (χ0) is 20.9. The van der Waals surface area contributed by atoms with E-state index in [1.807, 2.05) is 0 Å². The van der Waals surface area contributed by atoms with Crippen LogP contribution in [0, 0.1) is 11.7 Å². The number of nitrogens with zero attached hydrogens (tertiary/aromatic N) is 1. The van der Waals surface area contributed by atoms with Crippen LogP contribution in [0.2, 0.25) is 0 Å². The number of hydrogen-bond acceptors (Lipinski definition) is 4. The SMILES string of the molecule is CC(C)(C)OC(=O)N1CC[C@@H](CNC(=O)NNC(=O)c2ccc(Br)c(F)c2)C1. The predicted octanol–water partition coefficient (Wildman–Crippen LogP) is 2.79. The largest absolute Gasteiger partial charge is 0.444 e. The van der Waals surface area contributed by atoms with Crippen LogP contribution in [0.4, 0.5) is 14.0 Å². The molecule has 1 aromatic rings. The number of nitrogens with one attached hydrogen (secondary N) is 3. The minimum Gasteiger partial charge on any atom is -0.444 e. The number of hydrazine groups is 1. The number of amides is 4. The highest BCUT2D eigenvalue weighted by Crippen LogP contribution is 2.19. The topological polar surface area (TPSA) is 99.8 Å². The Morgan fingerprint density at radius 2 is 2.00 bits per heavy atom. The first kappa shape index (κ1) is 21.9. The number of carbonyl (C=O) groups is 3. The van der Waals surface area contributed by atoms with Gasteiger partial charge in [0.1, 0.15) is 11.4 Å². The molecule has 0 saturated carbocycles. The first-order valence-corrected chi connectivity index (χ1v) is 9.61. The number of urea groups is 1. The van der Waals surface area contributed by atoms with E-state index in [-0.39, 0.29) is 22.0 Å². The Hall–Kier alpha value is -2.36. The van der Waals surface area contributed by atoms with E-state index in [4.69, 9.17) is 4.74 Å². The maximum Gasteiger partial charge on any atom is 0.410 e. The van der Waals surface area contributed by atoms with Crippen LogP contribution in [-0.4, -0.2) is 48.2 Å². The van der Waals surface area contributed by atoms with Gasteiger partial charge in [-0.2, -0.15) is 0 Å². The van der Waals surface area contributed by atoms with E-state index >= 15 is 0 Å². The van der Waals surface area contributed by atoms with Crippen LogP contribution >= 0.6 is 15.9 Å². The second kappa shape index (κ2) is 9.22. The number of ether oxygens (including phenoxy) is 1. The summed E-state index contributed by atoms with van der Waals surface area (Å²) in [6.07, 6.45) is 0.373. The van der Waals surface area contributed by atoms with E-state index in [0.29, 0.717) is 19.6 Å². The van der Waals surface area contributed by atoms with Gasteiger partial charge in [0.15, 0.2) is 0 Å². The Labute approximate surface area is 171 Å². The van der Waals surface area contributed by atoms with Crippen molar-refractivity contribution < 1.29 is 23.5 Å². The number of hydrogen-bond donors (Lipinski definition) is 3. The molecule has 1 saturated heterocycles. The van der Waals surface area contributed by atoms with Crippen LogP contribution in [0.25, 0.3) is 0 Å². The third kappa shape index (κ3) is 6.66. The third-order valence-corrected chi connectivity index (χ3v) is 4.60. The first-order valence-electron chi connectivity index (χ1n) is 8.82. The second-order valence-electron chi connectivity index (χ2n) is 7.50. The summed E-state index contributed by atoms with van der Waals surface area (Å²) in [5.74, 6) is -1.12. The summed E-state index contributed by atoms with van der Waals surface area (Å²) in [7, 11) is 0. The van der Waals surface area contributed by atoms with Gasteiger partial charge in [0, 0.05) is 25.2 Å². The molecule has 0 spiro atoms. The molecule has 1 atom stereocenters. The Balaban J connectivity index is 1.71. The van der Waals surface area contributed by atoms with Crippen LogP contribution in [-0.2, 0) is 4.74 Å². The molecule has 28 heavy (non-hydrogen) atoms. The van der Waals surface area contributed by atoms with Crippen LogP contribution in [0.1, 0.15) is 37.6 Å². The van der Waals surface area contributed by atoms with Gasteiger partial charge in [-0.05, 0) is 67.2 Å². The molecule has 8 nitrogen and oxygen atoms in total. The van der Waals surface area contributed by atoms with Gasteiger partial charge in [-0.15, -0.1) is 0 Å². The first-order chi connectivity index (χ1) is 13.0. The summed E-state index contributed by atoms with van der Waals surface area (Å²) < 4.78 is 19.0. The lowest BCUT2D eigenvalue weighted by molar-refractivity contribution is 0.0288. The Kier molecular flexibility index (Phi) is 7.22. The number of carbonyl (C=O) groups excluding carboxylic acids is 3. The van der Waals surface area contributed by atoms with E-state index < -0.39 is 23.4 Å². The van der Waals surface area contributed by atoms with Gasteiger partial charge in [0.05, 0.1) is 4.47 Å². The molecule has 10 heteroatoms. The minimum absolute atomic E-state index is 0.0739.